The molecule has 13 atom stereocenters. The third-order valence-electron chi connectivity index (χ3n) is 17.2. The fraction of sp³-hybridized carbons (Fsp3) is 0.393. The molecule has 1 aromatic rings. The van der Waals surface area contributed by atoms with Crippen molar-refractivity contribution in [3.63, 3.8) is 0 Å². The van der Waals surface area contributed by atoms with Crippen molar-refractivity contribution in [2.75, 3.05) is 4.90 Å². The van der Waals surface area contributed by atoms with E-state index in [0.717, 1.165) is 56.5 Å². The van der Waals surface area contributed by atoms with Crippen LogP contribution in [0.2, 0.25) is 0 Å². The molecule has 0 spiro atoms. The zero-order valence-corrected chi connectivity index (χ0v) is 38.7. The summed E-state index contributed by atoms with van der Waals surface area (Å²) in [6.45, 7) is 0. The molecule has 13 unspecified atom stereocenters. The van der Waals surface area contributed by atoms with Crippen LogP contribution >= 0.6 is 0 Å². The van der Waals surface area contributed by atoms with Crippen molar-refractivity contribution in [3.8, 4) is 0 Å². The summed E-state index contributed by atoms with van der Waals surface area (Å²) in [5.41, 5.74) is 10.8. The van der Waals surface area contributed by atoms with Gasteiger partial charge in [0.25, 0.3) is 0 Å². The van der Waals surface area contributed by atoms with Crippen molar-refractivity contribution in [1.82, 2.24) is 16.0 Å². The minimum absolute atomic E-state index is 0.00278. The Morgan fingerprint density at radius 1 is 0.672 bits per heavy atom. The number of allylic oxidation sites excluding steroid dienone is 21. The number of nitrogens with zero attached hydrogens (tertiary/aromatic N) is 2. The lowest BCUT2D eigenvalue weighted by Crippen LogP contribution is -2.59. The Labute approximate surface area is 398 Å². The third kappa shape index (κ3) is 7.55. The maximum absolute atomic E-state index is 7.44. The first kappa shape index (κ1) is 41.3. The molecule has 340 valence electrons. The van der Waals surface area contributed by atoms with Crippen LogP contribution in [0.25, 0.3) is 0 Å². The normalized spacial score (nSPS) is 37.7. The Balaban J connectivity index is 0.898. The van der Waals surface area contributed by atoms with Crippen molar-refractivity contribution < 1.29 is 4.74 Å². The Morgan fingerprint density at radius 2 is 1.46 bits per heavy atom. The molecule has 0 bridgehead atoms. The van der Waals surface area contributed by atoms with Crippen LogP contribution in [0.5, 0.6) is 0 Å². The standard InChI is InChI=1S/C61H65N5O/c1-6-19-39(20-7-1)43-33-34-45(40-21-8-2-9-22-40)49(35-43)53-36-52(61-64-59(41-23-10-3-11-24-41)63-60(65-61)42-25-12-4-13-26-42)57(62-53)48-31-18-30-47-51-37-55-50(38-56(51)67-58(47)48)46-29-16-17-32-54(46)66(55)44-27-14-5-15-28-44/h1-3,5-12,14-19,21,23,25,27-28,30,32-34,37,39-43,45-46,48-49,53,56,59-60,62-63H,4,13,20,22,24,26,29,31,35-36,38H2,(H,64,65). The summed E-state index contributed by atoms with van der Waals surface area (Å²) < 4.78 is 7.44. The van der Waals surface area contributed by atoms with Crippen LogP contribution < -0.4 is 20.9 Å². The number of para-hydroxylation sites is 1. The first-order chi connectivity index (χ1) is 33.2. The number of aliphatic imine (C=N–C) groups is 1. The third-order valence-corrected chi connectivity index (χ3v) is 17.2. The molecule has 13 rings (SSSR count). The smallest absolute Gasteiger partial charge is 0.129 e. The van der Waals surface area contributed by atoms with Crippen LogP contribution in [-0.4, -0.2) is 30.3 Å². The maximum atomic E-state index is 7.44. The van der Waals surface area contributed by atoms with Gasteiger partial charge in [-0.05, 0) is 124 Å². The quantitative estimate of drug-likeness (QED) is 0.227. The van der Waals surface area contributed by atoms with Crippen LogP contribution in [0, 0.1) is 53.3 Å². The van der Waals surface area contributed by atoms with E-state index in [1.807, 2.05) is 0 Å². The van der Waals surface area contributed by atoms with E-state index in [2.05, 4.69) is 185 Å². The highest BCUT2D eigenvalue weighted by Crippen LogP contribution is 2.54. The highest BCUT2D eigenvalue weighted by Gasteiger charge is 2.49. The maximum Gasteiger partial charge on any atom is 0.129 e. The average Bonchev–Trinajstić information content (AvgIpc) is 4.11. The molecule has 0 fully saturated rings. The summed E-state index contributed by atoms with van der Waals surface area (Å²) in [5.74, 6) is 5.92. The largest absolute Gasteiger partial charge is 0.488 e. The summed E-state index contributed by atoms with van der Waals surface area (Å²) in [6, 6.07) is 11.3. The number of hydrogen-bond acceptors (Lipinski definition) is 6. The Hall–Kier alpha value is -5.85. The monoisotopic (exact) mass is 884 g/mol. The Morgan fingerprint density at radius 3 is 2.25 bits per heavy atom. The topological polar surface area (TPSA) is 60.9 Å². The second-order valence-electron chi connectivity index (χ2n) is 21.0. The first-order valence-electron chi connectivity index (χ1n) is 25.9. The fourth-order valence-electron chi connectivity index (χ4n) is 13.9. The molecular formula is C61H65N5O. The van der Waals surface area contributed by atoms with E-state index in [4.69, 9.17) is 9.73 Å². The highest BCUT2D eigenvalue weighted by molar-refractivity contribution is 6.00. The molecule has 4 heterocycles. The van der Waals surface area contributed by atoms with Gasteiger partial charge in [0, 0.05) is 69.7 Å². The lowest BCUT2D eigenvalue weighted by atomic mass is 9.65. The number of hydrogen-bond donors (Lipinski definition) is 3. The van der Waals surface area contributed by atoms with Gasteiger partial charge in [0.1, 0.15) is 23.9 Å². The number of rotatable bonds is 8. The van der Waals surface area contributed by atoms with E-state index in [0.29, 0.717) is 47.3 Å². The highest BCUT2D eigenvalue weighted by atomic mass is 16.5. The van der Waals surface area contributed by atoms with E-state index >= 15 is 0 Å². The summed E-state index contributed by atoms with van der Waals surface area (Å²) in [4.78, 5) is 8.29. The molecule has 3 N–H and O–H groups in total. The van der Waals surface area contributed by atoms with E-state index in [9.17, 15) is 0 Å². The van der Waals surface area contributed by atoms with Crippen LogP contribution in [-0.2, 0) is 4.74 Å². The van der Waals surface area contributed by atoms with Crippen molar-refractivity contribution in [1.29, 1.82) is 0 Å². The molecule has 8 aliphatic carbocycles. The number of fused-ring (bicyclic) bond motifs is 4. The molecule has 0 saturated carbocycles. The zero-order chi connectivity index (χ0) is 44.3. The molecule has 67 heavy (non-hydrogen) atoms. The summed E-state index contributed by atoms with van der Waals surface area (Å²) in [5, 5.41) is 12.6. The predicted octanol–water partition coefficient (Wildman–Crippen LogP) is 12.2. The molecule has 6 nitrogen and oxygen atoms in total. The lowest BCUT2D eigenvalue weighted by Gasteiger charge is -2.41. The molecule has 0 amide bonds. The molecular weight excluding hydrogens is 819 g/mol. The van der Waals surface area contributed by atoms with Gasteiger partial charge in [-0.25, -0.2) is 4.99 Å². The average molecular weight is 884 g/mol. The molecule has 6 heteroatoms. The van der Waals surface area contributed by atoms with E-state index in [1.54, 1.807) is 0 Å². The number of benzene rings is 1. The van der Waals surface area contributed by atoms with E-state index in [-0.39, 0.29) is 30.4 Å². The van der Waals surface area contributed by atoms with Gasteiger partial charge < -0.3 is 20.3 Å². The second-order valence-corrected chi connectivity index (χ2v) is 21.0. The van der Waals surface area contributed by atoms with Gasteiger partial charge in [-0.1, -0.05) is 140 Å². The van der Waals surface area contributed by atoms with Gasteiger partial charge >= 0.3 is 0 Å². The van der Waals surface area contributed by atoms with Crippen LogP contribution in [0.4, 0.5) is 5.69 Å². The van der Waals surface area contributed by atoms with Crippen LogP contribution in [0.1, 0.15) is 70.6 Å². The summed E-state index contributed by atoms with van der Waals surface area (Å²) >= 11 is 0. The lowest BCUT2D eigenvalue weighted by molar-refractivity contribution is 0.139. The van der Waals surface area contributed by atoms with Gasteiger partial charge in [0.15, 0.2) is 0 Å². The zero-order valence-electron chi connectivity index (χ0n) is 38.7. The molecule has 4 aliphatic heterocycles. The molecule has 0 aromatic heterocycles. The summed E-state index contributed by atoms with van der Waals surface area (Å²) in [7, 11) is 0. The van der Waals surface area contributed by atoms with Crippen molar-refractivity contribution in [2.24, 2.45) is 58.3 Å². The van der Waals surface area contributed by atoms with Gasteiger partial charge in [-0.15, -0.1) is 0 Å². The van der Waals surface area contributed by atoms with Gasteiger partial charge in [-0.3, -0.25) is 5.32 Å². The fourth-order valence-corrected chi connectivity index (χ4v) is 13.9. The van der Waals surface area contributed by atoms with Gasteiger partial charge in [-0.2, -0.15) is 0 Å². The second kappa shape index (κ2) is 17.7. The van der Waals surface area contributed by atoms with Crippen molar-refractivity contribution in [2.45, 2.75) is 95.1 Å². The molecule has 0 saturated heterocycles. The minimum atomic E-state index is -0.00278. The minimum Gasteiger partial charge on any atom is -0.488 e. The molecule has 1 aromatic carbocycles. The number of anilines is 1. The molecule has 0 radical (unpaired) electrons. The number of ether oxygens (including phenoxy) is 1. The Bertz CT molecular complexity index is 2670. The first-order valence-corrected chi connectivity index (χ1v) is 25.9. The van der Waals surface area contributed by atoms with Crippen LogP contribution in [0.3, 0.4) is 0 Å². The van der Waals surface area contributed by atoms with E-state index < -0.39 is 0 Å². The molecule has 12 aliphatic rings. The number of amidine groups is 1. The van der Waals surface area contributed by atoms with Crippen LogP contribution in [0.15, 0.2) is 214 Å². The SMILES string of the molecule is C1=CCC2C(=C1)N(c1ccccc1)C1=C2CC2OC3=C(C=CCC3C3=C(C4=NC(C5C=CC=CC5)NC(C5C=CCCC5)N4)CC(C4CC(C5C=CC=CC5)C=CC4C4C=CC=CC4)N3)C2=C1. The van der Waals surface area contributed by atoms with Crippen molar-refractivity contribution in [3.05, 3.63) is 209 Å². The van der Waals surface area contributed by atoms with Gasteiger partial charge in [0.2, 0.25) is 0 Å². The summed E-state index contributed by atoms with van der Waals surface area (Å²) in [6.07, 6.45) is 64.1. The predicted molar refractivity (Wildman–Crippen MR) is 273 cm³/mol. The Kier molecular flexibility index (Phi) is 10.9. The van der Waals surface area contributed by atoms with Gasteiger partial charge in [0.05, 0.1) is 12.1 Å². The number of nitrogens with one attached hydrogen (secondary N) is 3. The van der Waals surface area contributed by atoms with E-state index in [1.165, 1.54) is 70.8 Å². The van der Waals surface area contributed by atoms with Crippen molar-refractivity contribution >= 4 is 11.5 Å².